The summed E-state index contributed by atoms with van der Waals surface area (Å²) in [6.45, 7) is 2.40. The zero-order valence-corrected chi connectivity index (χ0v) is 11.7. The van der Waals surface area contributed by atoms with Crippen LogP contribution in [0.4, 0.5) is 4.39 Å². The highest BCUT2D eigenvalue weighted by atomic mass is 19.1. The van der Waals surface area contributed by atoms with Crippen LogP contribution in [0.5, 0.6) is 0 Å². The van der Waals surface area contributed by atoms with Gasteiger partial charge in [0.05, 0.1) is 0 Å². The molecule has 1 saturated heterocycles. The monoisotopic (exact) mass is 304 g/mol. The number of nitrogens with one attached hydrogen (secondary N) is 1. The fourth-order valence-corrected chi connectivity index (χ4v) is 2.21. The summed E-state index contributed by atoms with van der Waals surface area (Å²) < 4.78 is 17.9. The van der Waals surface area contributed by atoms with Gasteiger partial charge in [-0.1, -0.05) is 5.16 Å². The minimum atomic E-state index is -0.589. The number of nitrogens with zero attached hydrogens (tertiary/aromatic N) is 3. The maximum absolute atomic E-state index is 12.9. The minimum Gasteiger partial charge on any atom is -0.353 e. The molecular formula is C14H13FN4O3. The lowest BCUT2D eigenvalue weighted by atomic mass is 10.2. The molecule has 1 aliphatic rings. The Kier molecular flexibility index (Phi) is 3.58. The lowest BCUT2D eigenvalue weighted by Crippen LogP contribution is -2.56. The molecule has 1 atom stereocenters. The Morgan fingerprint density at radius 2 is 2.14 bits per heavy atom. The summed E-state index contributed by atoms with van der Waals surface area (Å²) >= 11 is 0. The van der Waals surface area contributed by atoms with Crippen LogP contribution in [0, 0.1) is 5.82 Å². The van der Waals surface area contributed by atoms with E-state index in [1.165, 1.54) is 29.2 Å². The number of hydrogen-bond donors (Lipinski definition) is 1. The first-order valence-electron chi connectivity index (χ1n) is 6.74. The van der Waals surface area contributed by atoms with Gasteiger partial charge >= 0.3 is 0 Å². The Morgan fingerprint density at radius 3 is 2.86 bits per heavy atom. The van der Waals surface area contributed by atoms with E-state index in [0.717, 1.165) is 0 Å². The number of piperazine rings is 1. The molecule has 1 fully saturated rings. The van der Waals surface area contributed by atoms with Crippen molar-refractivity contribution in [3.63, 3.8) is 0 Å². The van der Waals surface area contributed by atoms with Crippen molar-refractivity contribution in [1.82, 2.24) is 20.4 Å². The normalized spacial score (nSPS) is 18.2. The topological polar surface area (TPSA) is 88.3 Å². The Hall–Kier alpha value is -2.77. The van der Waals surface area contributed by atoms with Crippen molar-refractivity contribution in [2.24, 2.45) is 0 Å². The fourth-order valence-electron chi connectivity index (χ4n) is 2.21. The van der Waals surface area contributed by atoms with E-state index in [-0.39, 0.29) is 23.4 Å². The molecule has 0 saturated carbocycles. The first kappa shape index (κ1) is 14.2. The number of amides is 2. The lowest BCUT2D eigenvalue weighted by molar-refractivity contribution is -0.127. The third-order valence-electron chi connectivity index (χ3n) is 3.47. The Labute approximate surface area is 125 Å². The second kappa shape index (κ2) is 5.55. The second-order valence-corrected chi connectivity index (χ2v) is 4.90. The maximum atomic E-state index is 12.9. The van der Waals surface area contributed by atoms with E-state index in [0.29, 0.717) is 18.7 Å². The molecule has 1 unspecified atom stereocenters. The van der Waals surface area contributed by atoms with Crippen LogP contribution >= 0.6 is 0 Å². The third-order valence-corrected chi connectivity index (χ3v) is 3.47. The van der Waals surface area contributed by atoms with Crippen LogP contribution in [0.3, 0.4) is 0 Å². The number of carbonyl (C=O) groups is 2. The Balaban J connectivity index is 1.82. The highest BCUT2D eigenvalue weighted by molar-refractivity contribution is 5.95. The van der Waals surface area contributed by atoms with E-state index < -0.39 is 11.9 Å². The van der Waals surface area contributed by atoms with Crippen LogP contribution in [0.15, 0.2) is 28.8 Å². The van der Waals surface area contributed by atoms with E-state index in [1.807, 2.05) is 0 Å². The van der Waals surface area contributed by atoms with Gasteiger partial charge in [-0.25, -0.2) is 4.39 Å². The first-order valence-corrected chi connectivity index (χ1v) is 6.74. The molecule has 1 aromatic carbocycles. The summed E-state index contributed by atoms with van der Waals surface area (Å²) in [5, 5.41) is 6.32. The molecule has 2 amide bonds. The zero-order valence-electron chi connectivity index (χ0n) is 11.7. The summed E-state index contributed by atoms with van der Waals surface area (Å²) in [5.41, 5.74) is 0.511. The number of rotatable bonds is 2. The summed E-state index contributed by atoms with van der Waals surface area (Å²) in [6, 6.07) is 4.90. The van der Waals surface area contributed by atoms with Crippen LogP contribution in [0.1, 0.15) is 17.5 Å². The van der Waals surface area contributed by atoms with Gasteiger partial charge in [0.25, 0.3) is 17.6 Å². The van der Waals surface area contributed by atoms with Crippen molar-refractivity contribution in [2.75, 3.05) is 13.1 Å². The molecule has 0 spiro atoms. The van der Waals surface area contributed by atoms with E-state index in [2.05, 4.69) is 15.5 Å². The van der Waals surface area contributed by atoms with Gasteiger partial charge in [0, 0.05) is 18.7 Å². The maximum Gasteiger partial charge on any atom is 0.296 e. The Morgan fingerprint density at radius 1 is 1.41 bits per heavy atom. The van der Waals surface area contributed by atoms with Crippen LogP contribution < -0.4 is 5.32 Å². The van der Waals surface area contributed by atoms with Crippen LogP contribution in [-0.2, 0) is 4.79 Å². The zero-order chi connectivity index (χ0) is 15.7. The SMILES string of the molecule is CC1C(=O)NCCN1C(=O)c1noc(-c2ccc(F)cc2)n1. The van der Waals surface area contributed by atoms with E-state index in [9.17, 15) is 14.0 Å². The number of hydrogen-bond acceptors (Lipinski definition) is 5. The van der Waals surface area contributed by atoms with Crippen molar-refractivity contribution in [1.29, 1.82) is 0 Å². The van der Waals surface area contributed by atoms with Crippen LogP contribution in [-0.4, -0.2) is 46.0 Å². The minimum absolute atomic E-state index is 0.123. The molecule has 2 heterocycles. The van der Waals surface area contributed by atoms with Gasteiger partial charge < -0.3 is 14.7 Å². The van der Waals surface area contributed by atoms with Gasteiger partial charge in [0.1, 0.15) is 11.9 Å². The summed E-state index contributed by atoms with van der Waals surface area (Å²) in [4.78, 5) is 29.4. The van der Waals surface area contributed by atoms with Gasteiger partial charge in [0.15, 0.2) is 0 Å². The van der Waals surface area contributed by atoms with Crippen molar-refractivity contribution in [2.45, 2.75) is 13.0 Å². The van der Waals surface area contributed by atoms with E-state index in [4.69, 9.17) is 4.52 Å². The van der Waals surface area contributed by atoms with Gasteiger partial charge in [-0.3, -0.25) is 9.59 Å². The molecule has 1 N–H and O–H groups in total. The molecule has 1 aliphatic heterocycles. The predicted octanol–water partition coefficient (Wildman–Crippen LogP) is 0.836. The summed E-state index contributed by atoms with van der Waals surface area (Å²) in [5.74, 6) is -1.08. The average Bonchev–Trinajstić information content (AvgIpc) is 3.00. The van der Waals surface area contributed by atoms with Crippen molar-refractivity contribution >= 4 is 11.8 Å². The van der Waals surface area contributed by atoms with Gasteiger partial charge in [-0.2, -0.15) is 4.98 Å². The molecule has 114 valence electrons. The summed E-state index contributed by atoms with van der Waals surface area (Å²) in [7, 11) is 0. The molecule has 3 rings (SSSR count). The van der Waals surface area contributed by atoms with Gasteiger partial charge in [0.2, 0.25) is 5.91 Å². The number of aromatic nitrogens is 2. The molecule has 8 heteroatoms. The number of halogens is 1. The molecular weight excluding hydrogens is 291 g/mol. The molecule has 2 aromatic rings. The molecule has 0 radical (unpaired) electrons. The highest BCUT2D eigenvalue weighted by Crippen LogP contribution is 2.18. The molecule has 0 aliphatic carbocycles. The predicted molar refractivity (Wildman–Crippen MR) is 73.2 cm³/mol. The quantitative estimate of drug-likeness (QED) is 0.888. The molecule has 7 nitrogen and oxygen atoms in total. The number of carbonyl (C=O) groups excluding carboxylic acids is 2. The number of benzene rings is 1. The van der Waals surface area contributed by atoms with Crippen LogP contribution in [0.2, 0.25) is 0 Å². The molecule has 22 heavy (non-hydrogen) atoms. The van der Waals surface area contributed by atoms with Gasteiger partial charge in [-0.05, 0) is 31.2 Å². The fraction of sp³-hybridized carbons (Fsp3) is 0.286. The smallest absolute Gasteiger partial charge is 0.296 e. The highest BCUT2D eigenvalue weighted by Gasteiger charge is 2.32. The second-order valence-electron chi connectivity index (χ2n) is 4.90. The van der Waals surface area contributed by atoms with Gasteiger partial charge in [-0.15, -0.1) is 0 Å². The van der Waals surface area contributed by atoms with E-state index in [1.54, 1.807) is 6.92 Å². The third kappa shape index (κ3) is 2.54. The molecule has 1 aromatic heterocycles. The Bertz CT molecular complexity index is 713. The largest absolute Gasteiger partial charge is 0.353 e. The van der Waals surface area contributed by atoms with Crippen molar-refractivity contribution in [3.8, 4) is 11.5 Å². The first-order chi connectivity index (χ1) is 10.6. The standard InChI is InChI=1S/C14H13FN4O3/c1-8-12(20)16-6-7-19(8)14(21)11-17-13(22-18-11)9-2-4-10(15)5-3-9/h2-5,8H,6-7H2,1H3,(H,16,20). The van der Waals surface area contributed by atoms with Crippen molar-refractivity contribution < 1.29 is 18.5 Å². The average molecular weight is 304 g/mol. The van der Waals surface area contributed by atoms with Crippen LogP contribution in [0.25, 0.3) is 11.5 Å². The summed E-state index contributed by atoms with van der Waals surface area (Å²) in [6.07, 6.45) is 0. The van der Waals surface area contributed by atoms with E-state index >= 15 is 0 Å². The van der Waals surface area contributed by atoms with Crippen molar-refractivity contribution in [3.05, 3.63) is 35.9 Å². The molecule has 0 bridgehead atoms. The lowest BCUT2D eigenvalue weighted by Gasteiger charge is -2.31.